The van der Waals surface area contributed by atoms with Crippen LogP contribution in [0.15, 0.2) is 42.6 Å². The van der Waals surface area contributed by atoms with Crippen molar-refractivity contribution in [3.63, 3.8) is 0 Å². The molecule has 3 rings (SSSR count). The fraction of sp³-hybridized carbons (Fsp3) is 0.0714. The molecule has 5 nitrogen and oxygen atoms in total. The van der Waals surface area contributed by atoms with Crippen molar-refractivity contribution in [1.82, 2.24) is 15.2 Å². The van der Waals surface area contributed by atoms with E-state index in [1.165, 1.54) is 0 Å². The van der Waals surface area contributed by atoms with Crippen LogP contribution in [0.3, 0.4) is 0 Å². The Bertz CT molecular complexity index is 743. The van der Waals surface area contributed by atoms with Gasteiger partial charge in [-0.3, -0.25) is 14.9 Å². The summed E-state index contributed by atoms with van der Waals surface area (Å²) in [6.45, 7) is 1.88. The molecule has 0 unspecified atom stereocenters. The Kier molecular flexibility index (Phi) is 2.72. The Labute approximate surface area is 109 Å². The molecule has 0 saturated heterocycles. The first kappa shape index (κ1) is 11.4. The molecule has 1 amide bonds. The molecule has 1 aromatic carbocycles. The Morgan fingerprint density at radius 1 is 1.26 bits per heavy atom. The van der Waals surface area contributed by atoms with Gasteiger partial charge >= 0.3 is 0 Å². The van der Waals surface area contributed by atoms with Crippen LogP contribution in [0.4, 0.5) is 5.82 Å². The number of anilines is 1. The highest BCUT2D eigenvalue weighted by Crippen LogP contribution is 2.17. The van der Waals surface area contributed by atoms with Crippen molar-refractivity contribution in [1.29, 1.82) is 0 Å². The zero-order chi connectivity index (χ0) is 13.2. The number of carbonyl (C=O) groups excluding carboxylic acids is 1. The van der Waals surface area contributed by atoms with Crippen molar-refractivity contribution in [2.75, 3.05) is 5.32 Å². The maximum absolute atomic E-state index is 12.2. The van der Waals surface area contributed by atoms with E-state index < -0.39 is 0 Å². The molecule has 0 fully saturated rings. The number of rotatable bonds is 2. The summed E-state index contributed by atoms with van der Waals surface area (Å²) in [7, 11) is 0. The summed E-state index contributed by atoms with van der Waals surface area (Å²) in [4.78, 5) is 16.5. The number of nitrogens with zero attached hydrogens (tertiary/aromatic N) is 2. The van der Waals surface area contributed by atoms with E-state index in [2.05, 4.69) is 20.5 Å². The third kappa shape index (κ3) is 2.18. The van der Waals surface area contributed by atoms with Crippen LogP contribution >= 0.6 is 0 Å². The molecule has 19 heavy (non-hydrogen) atoms. The molecule has 2 N–H and O–H groups in total. The molecule has 94 valence electrons. The molecule has 0 spiro atoms. The van der Waals surface area contributed by atoms with Gasteiger partial charge in [0.1, 0.15) is 0 Å². The first-order valence-electron chi connectivity index (χ1n) is 5.91. The third-order valence-corrected chi connectivity index (χ3v) is 2.84. The number of amides is 1. The monoisotopic (exact) mass is 252 g/mol. The fourth-order valence-electron chi connectivity index (χ4n) is 1.97. The molecule has 0 saturated carbocycles. The summed E-state index contributed by atoms with van der Waals surface area (Å²) < 4.78 is 0. The summed E-state index contributed by atoms with van der Waals surface area (Å²) in [6.07, 6.45) is 1.71. The second kappa shape index (κ2) is 4.53. The summed E-state index contributed by atoms with van der Waals surface area (Å²) in [6, 6.07) is 11.0. The largest absolute Gasteiger partial charge is 0.305 e. The van der Waals surface area contributed by atoms with E-state index in [9.17, 15) is 4.79 Å². The predicted octanol–water partition coefficient (Wildman–Crippen LogP) is 2.52. The number of hydrogen-bond acceptors (Lipinski definition) is 3. The van der Waals surface area contributed by atoms with E-state index in [1.54, 1.807) is 18.3 Å². The average molecular weight is 252 g/mol. The smallest absolute Gasteiger partial charge is 0.257 e. The molecule has 0 aliphatic heterocycles. The number of carbonyl (C=O) groups is 1. The SMILES string of the molecule is Cc1cc(NC(=O)c2cccc3ncccc23)n[nH]1. The van der Waals surface area contributed by atoms with Gasteiger partial charge in [-0.25, -0.2) is 0 Å². The minimum atomic E-state index is -0.190. The zero-order valence-electron chi connectivity index (χ0n) is 10.3. The Hall–Kier alpha value is -2.69. The van der Waals surface area contributed by atoms with Crippen molar-refractivity contribution in [3.8, 4) is 0 Å². The second-order valence-corrected chi connectivity index (χ2v) is 4.27. The highest BCUT2D eigenvalue weighted by atomic mass is 16.1. The summed E-state index contributed by atoms with van der Waals surface area (Å²) >= 11 is 0. The van der Waals surface area contributed by atoms with E-state index in [-0.39, 0.29) is 5.91 Å². The highest BCUT2D eigenvalue weighted by Gasteiger charge is 2.11. The lowest BCUT2D eigenvalue weighted by Crippen LogP contribution is -2.12. The lowest BCUT2D eigenvalue weighted by atomic mass is 10.1. The number of pyridine rings is 1. The molecule has 0 bridgehead atoms. The Balaban J connectivity index is 1.97. The number of aromatic nitrogens is 3. The molecule has 0 aliphatic rings. The minimum Gasteiger partial charge on any atom is -0.305 e. The first-order valence-corrected chi connectivity index (χ1v) is 5.91. The molecule has 0 aliphatic carbocycles. The van der Waals surface area contributed by atoms with Crippen molar-refractivity contribution < 1.29 is 4.79 Å². The van der Waals surface area contributed by atoms with E-state index in [1.807, 2.05) is 31.2 Å². The number of nitrogens with one attached hydrogen (secondary N) is 2. The molecular formula is C14H12N4O. The van der Waals surface area contributed by atoms with Gasteiger partial charge in [0.15, 0.2) is 5.82 Å². The van der Waals surface area contributed by atoms with Gasteiger partial charge < -0.3 is 5.32 Å². The van der Waals surface area contributed by atoms with Crippen LogP contribution in [-0.2, 0) is 0 Å². The van der Waals surface area contributed by atoms with Crippen molar-refractivity contribution in [2.24, 2.45) is 0 Å². The number of aryl methyl sites for hydroxylation is 1. The molecule has 0 atom stereocenters. The Morgan fingerprint density at radius 2 is 2.16 bits per heavy atom. The standard InChI is InChI=1S/C14H12N4O/c1-9-8-13(18-17-9)16-14(19)11-4-2-6-12-10(11)5-3-7-15-12/h2-8H,1H3,(H2,16,17,18,19). The van der Waals surface area contributed by atoms with Gasteiger partial charge in [0.2, 0.25) is 0 Å². The molecule has 5 heteroatoms. The third-order valence-electron chi connectivity index (χ3n) is 2.84. The second-order valence-electron chi connectivity index (χ2n) is 4.27. The van der Waals surface area contributed by atoms with E-state index in [0.29, 0.717) is 11.4 Å². The fourth-order valence-corrected chi connectivity index (χ4v) is 1.97. The van der Waals surface area contributed by atoms with Gasteiger partial charge in [-0.1, -0.05) is 12.1 Å². The molecule has 3 aromatic rings. The molecule has 0 radical (unpaired) electrons. The maximum Gasteiger partial charge on any atom is 0.257 e. The number of fused-ring (bicyclic) bond motifs is 1. The van der Waals surface area contributed by atoms with Crippen LogP contribution in [0.25, 0.3) is 10.9 Å². The molecule has 2 heterocycles. The highest BCUT2D eigenvalue weighted by molar-refractivity contribution is 6.12. The van der Waals surface area contributed by atoms with Gasteiger partial charge in [0.25, 0.3) is 5.91 Å². The van der Waals surface area contributed by atoms with Gasteiger partial charge in [-0.2, -0.15) is 5.10 Å². The van der Waals surface area contributed by atoms with Gasteiger partial charge in [0, 0.05) is 28.9 Å². The van der Waals surface area contributed by atoms with Crippen LogP contribution in [0.1, 0.15) is 16.1 Å². The van der Waals surface area contributed by atoms with Crippen molar-refractivity contribution >= 4 is 22.6 Å². The van der Waals surface area contributed by atoms with Crippen LogP contribution in [-0.4, -0.2) is 21.1 Å². The van der Waals surface area contributed by atoms with E-state index >= 15 is 0 Å². The lowest BCUT2D eigenvalue weighted by molar-refractivity contribution is 0.102. The molecule has 2 aromatic heterocycles. The predicted molar refractivity (Wildman–Crippen MR) is 73.0 cm³/mol. The summed E-state index contributed by atoms with van der Waals surface area (Å²) in [5, 5.41) is 10.4. The maximum atomic E-state index is 12.2. The topological polar surface area (TPSA) is 70.7 Å². The number of aromatic amines is 1. The van der Waals surface area contributed by atoms with Gasteiger partial charge in [-0.15, -0.1) is 0 Å². The number of benzene rings is 1. The van der Waals surface area contributed by atoms with Gasteiger partial charge in [-0.05, 0) is 25.1 Å². The minimum absolute atomic E-state index is 0.190. The quantitative estimate of drug-likeness (QED) is 0.736. The van der Waals surface area contributed by atoms with E-state index in [4.69, 9.17) is 0 Å². The number of hydrogen-bond donors (Lipinski definition) is 2. The average Bonchev–Trinajstić information content (AvgIpc) is 2.83. The van der Waals surface area contributed by atoms with Crippen LogP contribution in [0, 0.1) is 6.92 Å². The number of H-pyrrole nitrogens is 1. The van der Waals surface area contributed by atoms with Crippen molar-refractivity contribution in [2.45, 2.75) is 6.92 Å². The van der Waals surface area contributed by atoms with Crippen molar-refractivity contribution in [3.05, 3.63) is 53.9 Å². The lowest BCUT2D eigenvalue weighted by Gasteiger charge is -2.05. The van der Waals surface area contributed by atoms with Crippen LogP contribution < -0.4 is 5.32 Å². The van der Waals surface area contributed by atoms with Crippen LogP contribution in [0.2, 0.25) is 0 Å². The normalized spacial score (nSPS) is 10.6. The Morgan fingerprint density at radius 3 is 2.95 bits per heavy atom. The van der Waals surface area contributed by atoms with E-state index in [0.717, 1.165) is 16.6 Å². The zero-order valence-corrected chi connectivity index (χ0v) is 10.3. The van der Waals surface area contributed by atoms with Gasteiger partial charge in [0.05, 0.1) is 5.52 Å². The summed E-state index contributed by atoms with van der Waals surface area (Å²) in [5.74, 6) is 0.327. The summed E-state index contributed by atoms with van der Waals surface area (Å²) in [5.41, 5.74) is 2.29. The molecular weight excluding hydrogens is 240 g/mol. The first-order chi connectivity index (χ1) is 9.24. The van der Waals surface area contributed by atoms with Crippen LogP contribution in [0.5, 0.6) is 0 Å².